The van der Waals surface area contributed by atoms with Gasteiger partial charge < -0.3 is 4.74 Å². The minimum Gasteiger partial charge on any atom is -0.495 e. The molecule has 124 valence electrons. The maximum Gasteiger partial charge on any atom is 0.253 e. The molecule has 1 unspecified atom stereocenters. The van der Waals surface area contributed by atoms with Gasteiger partial charge in [-0.3, -0.25) is 14.3 Å². The molecule has 0 aromatic carbocycles. The van der Waals surface area contributed by atoms with Gasteiger partial charge in [0.1, 0.15) is 17.6 Å². The molecule has 0 aliphatic rings. The van der Waals surface area contributed by atoms with Crippen molar-refractivity contribution in [2.45, 2.75) is 20.0 Å². The van der Waals surface area contributed by atoms with Crippen molar-refractivity contribution < 1.29 is 4.74 Å². The molecule has 0 saturated heterocycles. The average molecular weight is 346 g/mol. The molecule has 0 amide bonds. The van der Waals surface area contributed by atoms with Crippen LogP contribution in [0.3, 0.4) is 0 Å². The van der Waals surface area contributed by atoms with Gasteiger partial charge in [-0.1, -0.05) is 16.8 Å². The van der Waals surface area contributed by atoms with E-state index in [-0.39, 0.29) is 11.7 Å². The quantitative estimate of drug-likeness (QED) is 0.726. The van der Waals surface area contributed by atoms with Gasteiger partial charge in [0.25, 0.3) is 5.56 Å². The van der Waals surface area contributed by atoms with Crippen molar-refractivity contribution in [3.63, 3.8) is 0 Å². The third kappa shape index (κ3) is 2.90. The molecule has 0 radical (unpaired) electrons. The largest absolute Gasteiger partial charge is 0.495 e. The van der Waals surface area contributed by atoms with E-state index < -0.39 is 0 Å². The fourth-order valence-electron chi connectivity index (χ4n) is 2.45. The summed E-state index contributed by atoms with van der Waals surface area (Å²) in [5.41, 5.74) is 2.21. The number of hydrogen-bond acceptors (Lipinski definition) is 5. The highest BCUT2D eigenvalue weighted by molar-refractivity contribution is 6.30. The fraction of sp³-hybridized carbons (Fsp3) is 0.250. The third-order valence-corrected chi connectivity index (χ3v) is 4.11. The molecule has 1 atom stereocenters. The van der Waals surface area contributed by atoms with Gasteiger partial charge in [0.2, 0.25) is 0 Å². The van der Waals surface area contributed by atoms with Crippen LogP contribution in [0, 0.1) is 6.92 Å². The van der Waals surface area contributed by atoms with E-state index in [9.17, 15) is 4.79 Å². The lowest BCUT2D eigenvalue weighted by Gasteiger charge is -2.14. The zero-order valence-corrected chi connectivity index (χ0v) is 14.2. The van der Waals surface area contributed by atoms with Gasteiger partial charge >= 0.3 is 0 Å². The first-order valence-corrected chi connectivity index (χ1v) is 7.67. The van der Waals surface area contributed by atoms with E-state index in [0.717, 1.165) is 11.1 Å². The molecule has 3 aromatic rings. The van der Waals surface area contributed by atoms with Gasteiger partial charge in [-0.2, -0.15) is 0 Å². The second-order valence-corrected chi connectivity index (χ2v) is 5.76. The van der Waals surface area contributed by atoms with Crippen molar-refractivity contribution >= 4 is 11.6 Å². The minimum atomic E-state index is -0.338. The van der Waals surface area contributed by atoms with Crippen LogP contribution in [-0.2, 0) is 0 Å². The highest BCUT2D eigenvalue weighted by Crippen LogP contribution is 2.27. The predicted octanol–water partition coefficient (Wildman–Crippen LogP) is 2.54. The molecule has 7 nitrogen and oxygen atoms in total. The predicted molar refractivity (Wildman–Crippen MR) is 90.4 cm³/mol. The summed E-state index contributed by atoms with van der Waals surface area (Å²) >= 11 is 5.83. The second kappa shape index (κ2) is 6.45. The molecular formula is C16H16ClN5O2. The number of nitrogens with zero attached hydrogens (tertiary/aromatic N) is 5. The Bertz CT molecular complexity index is 934. The van der Waals surface area contributed by atoms with Crippen LogP contribution < -0.4 is 10.3 Å². The van der Waals surface area contributed by atoms with Crippen LogP contribution in [0.5, 0.6) is 5.75 Å². The molecule has 0 N–H and O–H groups in total. The Labute approximate surface area is 143 Å². The molecule has 0 aliphatic carbocycles. The van der Waals surface area contributed by atoms with E-state index in [1.165, 1.54) is 10.6 Å². The summed E-state index contributed by atoms with van der Waals surface area (Å²) in [4.78, 5) is 16.2. The highest BCUT2D eigenvalue weighted by atomic mass is 35.5. The maximum atomic E-state index is 12.1. The fourth-order valence-corrected chi connectivity index (χ4v) is 2.60. The third-order valence-electron chi connectivity index (χ3n) is 3.87. The molecule has 0 saturated carbocycles. The molecule has 0 aliphatic heterocycles. The van der Waals surface area contributed by atoms with Crippen LogP contribution >= 0.6 is 11.6 Å². The van der Waals surface area contributed by atoms with Crippen LogP contribution in [0.2, 0.25) is 5.02 Å². The van der Waals surface area contributed by atoms with Gasteiger partial charge in [-0.25, -0.2) is 4.68 Å². The van der Waals surface area contributed by atoms with E-state index in [2.05, 4.69) is 15.3 Å². The molecule has 3 aromatic heterocycles. The van der Waals surface area contributed by atoms with Crippen molar-refractivity contribution in [3.05, 3.63) is 57.9 Å². The van der Waals surface area contributed by atoms with Gasteiger partial charge in [0.15, 0.2) is 0 Å². The van der Waals surface area contributed by atoms with Crippen molar-refractivity contribution in [2.24, 2.45) is 0 Å². The Morgan fingerprint density at radius 3 is 2.83 bits per heavy atom. The summed E-state index contributed by atoms with van der Waals surface area (Å²) in [7, 11) is 1.60. The lowest BCUT2D eigenvalue weighted by Crippen LogP contribution is -2.26. The molecular weight excluding hydrogens is 330 g/mol. The summed E-state index contributed by atoms with van der Waals surface area (Å²) in [5.74, 6) is 0.684. The smallest absolute Gasteiger partial charge is 0.253 e. The average Bonchev–Trinajstić information content (AvgIpc) is 3.04. The van der Waals surface area contributed by atoms with Crippen LogP contribution in [0.4, 0.5) is 0 Å². The molecule has 0 spiro atoms. The molecule has 0 bridgehead atoms. The standard InChI is InChI=1S/C16H16ClN5O2/c1-10-13(7-18-8-15(10)24-3)14-9-22(20-19-14)11(2)21-5-4-12(17)6-16(21)23/h4-9,11H,1-3H3. The number of ether oxygens (including phenoxy) is 1. The Hall–Kier alpha value is -2.67. The van der Waals surface area contributed by atoms with Crippen LogP contribution in [0.25, 0.3) is 11.3 Å². The number of pyridine rings is 2. The minimum absolute atomic E-state index is 0.203. The monoisotopic (exact) mass is 345 g/mol. The lowest BCUT2D eigenvalue weighted by atomic mass is 10.1. The Balaban J connectivity index is 1.97. The topological polar surface area (TPSA) is 74.8 Å². The summed E-state index contributed by atoms with van der Waals surface area (Å²) in [6.07, 6.45) is 6.43. The Kier molecular flexibility index (Phi) is 4.35. The zero-order chi connectivity index (χ0) is 17.3. The van der Waals surface area contributed by atoms with Crippen LogP contribution in [-0.4, -0.2) is 31.7 Å². The van der Waals surface area contributed by atoms with E-state index >= 15 is 0 Å². The van der Waals surface area contributed by atoms with E-state index in [4.69, 9.17) is 16.3 Å². The molecule has 24 heavy (non-hydrogen) atoms. The number of halogens is 1. The molecule has 3 rings (SSSR count). The zero-order valence-electron chi connectivity index (χ0n) is 13.5. The Morgan fingerprint density at radius 2 is 2.12 bits per heavy atom. The van der Waals surface area contributed by atoms with Crippen LogP contribution in [0.15, 0.2) is 41.7 Å². The maximum absolute atomic E-state index is 12.1. The first kappa shape index (κ1) is 16.2. The highest BCUT2D eigenvalue weighted by Gasteiger charge is 2.15. The van der Waals surface area contributed by atoms with Crippen molar-refractivity contribution in [1.82, 2.24) is 24.5 Å². The summed E-state index contributed by atoms with van der Waals surface area (Å²) < 4.78 is 8.43. The molecule has 3 heterocycles. The molecule has 8 heteroatoms. The first-order chi connectivity index (χ1) is 11.5. The number of hydrogen-bond donors (Lipinski definition) is 0. The summed E-state index contributed by atoms with van der Waals surface area (Å²) in [6, 6.07) is 3.03. The number of rotatable bonds is 4. The van der Waals surface area contributed by atoms with Crippen molar-refractivity contribution in [2.75, 3.05) is 7.11 Å². The van der Waals surface area contributed by atoms with E-state index in [0.29, 0.717) is 16.5 Å². The first-order valence-electron chi connectivity index (χ1n) is 7.29. The second-order valence-electron chi connectivity index (χ2n) is 5.32. The Morgan fingerprint density at radius 1 is 1.33 bits per heavy atom. The van der Waals surface area contributed by atoms with Gasteiger partial charge in [-0.15, -0.1) is 5.10 Å². The van der Waals surface area contributed by atoms with Crippen molar-refractivity contribution in [1.29, 1.82) is 0 Å². The van der Waals surface area contributed by atoms with E-state index in [1.54, 1.807) is 42.6 Å². The number of aromatic nitrogens is 5. The SMILES string of the molecule is COc1cncc(-c2cn(C(C)n3ccc(Cl)cc3=O)nn2)c1C. The lowest BCUT2D eigenvalue weighted by molar-refractivity contribution is 0.405. The van der Waals surface area contributed by atoms with Gasteiger partial charge in [0.05, 0.1) is 19.5 Å². The summed E-state index contributed by atoms with van der Waals surface area (Å²) in [5, 5.41) is 8.73. The van der Waals surface area contributed by atoms with Gasteiger partial charge in [-0.05, 0) is 19.9 Å². The van der Waals surface area contributed by atoms with Crippen molar-refractivity contribution in [3.8, 4) is 17.0 Å². The van der Waals surface area contributed by atoms with Crippen LogP contribution in [0.1, 0.15) is 18.7 Å². The van der Waals surface area contributed by atoms with Gasteiger partial charge in [0, 0.05) is 34.6 Å². The number of methoxy groups -OCH3 is 1. The summed E-state index contributed by atoms with van der Waals surface area (Å²) in [6.45, 7) is 3.78. The molecule has 0 fully saturated rings. The normalized spacial score (nSPS) is 12.2. The van der Waals surface area contributed by atoms with E-state index in [1.807, 2.05) is 13.8 Å².